The minimum atomic E-state index is -3.54. The van der Waals surface area contributed by atoms with Crippen molar-refractivity contribution in [1.82, 2.24) is 4.41 Å². The van der Waals surface area contributed by atoms with Crippen molar-refractivity contribution in [3.05, 3.63) is 65.7 Å². The van der Waals surface area contributed by atoms with E-state index in [1.165, 1.54) is 4.41 Å². The predicted molar refractivity (Wildman–Crippen MR) is 111 cm³/mol. The third-order valence-corrected chi connectivity index (χ3v) is 7.50. The molecule has 0 spiro atoms. The van der Waals surface area contributed by atoms with Crippen molar-refractivity contribution in [3.8, 4) is 0 Å². The fourth-order valence-corrected chi connectivity index (χ4v) is 4.69. The predicted octanol–water partition coefficient (Wildman–Crippen LogP) is 2.95. The summed E-state index contributed by atoms with van der Waals surface area (Å²) < 4.78 is 52.5. The number of sulfonamides is 2. The highest BCUT2D eigenvalue weighted by molar-refractivity contribution is 7.92. The minimum absolute atomic E-state index is 0.0310. The van der Waals surface area contributed by atoms with Crippen LogP contribution >= 0.6 is 0 Å². The van der Waals surface area contributed by atoms with E-state index in [0.717, 1.165) is 5.56 Å². The second-order valence-electron chi connectivity index (χ2n) is 6.44. The molecule has 1 N–H and O–H groups in total. The van der Waals surface area contributed by atoms with Gasteiger partial charge in [0.2, 0.25) is 20.0 Å². The standard InChI is InChI=1S/C19H23N3O4S2/c1-3-27(23,24)21-17-12-8-11-16(13-17)18-14-19(15-9-6-5-7-10-15)22(20-18)28(25,26)4-2/h5-13,19,21H,3-4,14H2,1-2H3/t19-/m0/s1. The third kappa shape index (κ3) is 4.36. The van der Waals surface area contributed by atoms with E-state index < -0.39 is 26.1 Å². The Morgan fingerprint density at radius 1 is 1.00 bits per heavy atom. The Kier molecular flexibility index (Phi) is 5.76. The van der Waals surface area contributed by atoms with Gasteiger partial charge in [0, 0.05) is 12.1 Å². The Hall–Kier alpha value is -2.39. The van der Waals surface area contributed by atoms with Crippen molar-refractivity contribution in [3.63, 3.8) is 0 Å². The second-order valence-corrected chi connectivity index (χ2v) is 10.6. The van der Waals surface area contributed by atoms with Crippen molar-refractivity contribution in [2.45, 2.75) is 26.3 Å². The summed E-state index contributed by atoms with van der Waals surface area (Å²) in [4.78, 5) is 0. The highest BCUT2D eigenvalue weighted by Gasteiger charge is 2.35. The van der Waals surface area contributed by atoms with Gasteiger partial charge in [0.25, 0.3) is 0 Å². The molecule has 0 amide bonds. The van der Waals surface area contributed by atoms with Crippen LogP contribution in [0.1, 0.15) is 37.4 Å². The van der Waals surface area contributed by atoms with E-state index in [1.54, 1.807) is 38.1 Å². The van der Waals surface area contributed by atoms with Crippen molar-refractivity contribution in [2.24, 2.45) is 5.10 Å². The van der Waals surface area contributed by atoms with Crippen molar-refractivity contribution in [1.29, 1.82) is 0 Å². The van der Waals surface area contributed by atoms with Crippen molar-refractivity contribution < 1.29 is 16.8 Å². The fourth-order valence-electron chi connectivity index (χ4n) is 2.99. The van der Waals surface area contributed by atoms with Gasteiger partial charge in [-0.1, -0.05) is 42.5 Å². The molecule has 1 atom stereocenters. The molecule has 0 fully saturated rings. The Balaban J connectivity index is 1.97. The van der Waals surface area contributed by atoms with E-state index in [0.29, 0.717) is 23.4 Å². The highest BCUT2D eigenvalue weighted by atomic mass is 32.2. The first-order chi connectivity index (χ1) is 13.3. The summed E-state index contributed by atoms with van der Waals surface area (Å²) in [6.45, 7) is 3.15. The van der Waals surface area contributed by atoms with E-state index in [9.17, 15) is 16.8 Å². The zero-order valence-corrected chi connectivity index (χ0v) is 17.4. The summed E-state index contributed by atoms with van der Waals surface area (Å²) in [6.07, 6.45) is 0.410. The fraction of sp³-hybridized carbons (Fsp3) is 0.316. The summed E-state index contributed by atoms with van der Waals surface area (Å²) in [5.74, 6) is -0.0831. The number of benzene rings is 2. The smallest absolute Gasteiger partial charge is 0.250 e. The third-order valence-electron chi connectivity index (χ3n) is 4.56. The molecule has 0 unspecified atom stereocenters. The molecule has 0 aliphatic carbocycles. The molecule has 2 aromatic rings. The average molecular weight is 422 g/mol. The van der Waals surface area contributed by atoms with Gasteiger partial charge in [-0.2, -0.15) is 9.52 Å². The normalized spacial score (nSPS) is 17.4. The van der Waals surface area contributed by atoms with E-state index in [2.05, 4.69) is 9.82 Å². The van der Waals surface area contributed by atoms with Crippen LogP contribution < -0.4 is 4.72 Å². The maximum Gasteiger partial charge on any atom is 0.250 e. The number of anilines is 1. The van der Waals surface area contributed by atoms with Crippen LogP contribution in [0.2, 0.25) is 0 Å². The number of hydrogen-bond donors (Lipinski definition) is 1. The molecule has 150 valence electrons. The lowest BCUT2D eigenvalue weighted by molar-refractivity contribution is 0.372. The van der Waals surface area contributed by atoms with Crippen LogP contribution in [0.5, 0.6) is 0 Å². The summed E-state index contributed by atoms with van der Waals surface area (Å²) in [6, 6.07) is 15.8. The molecule has 1 aliphatic heterocycles. The maximum absolute atomic E-state index is 12.6. The van der Waals surface area contributed by atoms with Gasteiger partial charge in [0.1, 0.15) is 0 Å². The molecule has 0 radical (unpaired) electrons. The van der Waals surface area contributed by atoms with Gasteiger partial charge in [-0.25, -0.2) is 16.8 Å². The maximum atomic E-state index is 12.6. The summed E-state index contributed by atoms with van der Waals surface area (Å²) >= 11 is 0. The molecular formula is C19H23N3O4S2. The topological polar surface area (TPSA) is 95.9 Å². The molecule has 1 aliphatic rings. The van der Waals surface area contributed by atoms with Crippen LogP contribution in [-0.2, 0) is 20.0 Å². The van der Waals surface area contributed by atoms with Crippen LogP contribution in [0.25, 0.3) is 0 Å². The number of rotatable bonds is 7. The zero-order chi connectivity index (χ0) is 20.4. The summed E-state index contributed by atoms with van der Waals surface area (Å²) in [7, 11) is -6.95. The van der Waals surface area contributed by atoms with Gasteiger partial charge in [-0.15, -0.1) is 0 Å². The van der Waals surface area contributed by atoms with Crippen LogP contribution in [0.4, 0.5) is 5.69 Å². The number of hydrogen-bond acceptors (Lipinski definition) is 5. The number of nitrogens with zero attached hydrogens (tertiary/aromatic N) is 2. The van der Waals surface area contributed by atoms with Gasteiger partial charge >= 0.3 is 0 Å². The van der Waals surface area contributed by atoms with E-state index in [-0.39, 0.29) is 11.5 Å². The number of hydrazone groups is 1. The SMILES string of the molecule is CCS(=O)(=O)Nc1cccc(C2=NN(S(=O)(=O)CC)[C@H](c3ccccc3)C2)c1. The molecule has 9 heteroatoms. The Labute approximate surface area is 166 Å². The zero-order valence-electron chi connectivity index (χ0n) is 15.7. The lowest BCUT2D eigenvalue weighted by Gasteiger charge is -2.22. The van der Waals surface area contributed by atoms with Crippen molar-refractivity contribution in [2.75, 3.05) is 16.2 Å². The quantitative estimate of drug-likeness (QED) is 0.743. The van der Waals surface area contributed by atoms with E-state index >= 15 is 0 Å². The molecule has 3 rings (SSSR count). The first kappa shape index (κ1) is 20.3. The van der Waals surface area contributed by atoms with Crippen LogP contribution in [0.15, 0.2) is 59.7 Å². The van der Waals surface area contributed by atoms with E-state index in [1.807, 2.05) is 30.3 Å². The first-order valence-electron chi connectivity index (χ1n) is 9.01. The molecule has 1 heterocycles. The van der Waals surface area contributed by atoms with Crippen molar-refractivity contribution >= 4 is 31.4 Å². The number of nitrogens with one attached hydrogen (secondary N) is 1. The Morgan fingerprint density at radius 2 is 1.71 bits per heavy atom. The minimum Gasteiger partial charge on any atom is -0.284 e. The van der Waals surface area contributed by atoms with Gasteiger partial charge in [0.05, 0.1) is 23.3 Å². The molecule has 0 saturated carbocycles. The Morgan fingerprint density at radius 3 is 2.36 bits per heavy atom. The van der Waals surface area contributed by atoms with Gasteiger partial charge in [0.15, 0.2) is 0 Å². The molecule has 0 aromatic heterocycles. The lowest BCUT2D eigenvalue weighted by Crippen LogP contribution is -2.28. The average Bonchev–Trinajstić information content (AvgIpc) is 3.15. The second kappa shape index (κ2) is 7.92. The molecule has 28 heavy (non-hydrogen) atoms. The Bertz CT molecular complexity index is 1080. The molecule has 0 bridgehead atoms. The largest absolute Gasteiger partial charge is 0.284 e. The summed E-state index contributed by atoms with van der Waals surface area (Å²) in [5, 5.41) is 4.40. The van der Waals surface area contributed by atoms with Crippen LogP contribution in [-0.4, -0.2) is 38.5 Å². The lowest BCUT2D eigenvalue weighted by atomic mass is 9.99. The summed E-state index contributed by atoms with van der Waals surface area (Å²) in [5.41, 5.74) is 2.57. The van der Waals surface area contributed by atoms with Crippen LogP contribution in [0, 0.1) is 0 Å². The monoisotopic (exact) mass is 421 g/mol. The molecule has 0 saturated heterocycles. The van der Waals surface area contributed by atoms with Gasteiger partial charge in [-0.3, -0.25) is 4.72 Å². The highest BCUT2D eigenvalue weighted by Crippen LogP contribution is 2.35. The molecule has 2 aromatic carbocycles. The van der Waals surface area contributed by atoms with E-state index in [4.69, 9.17) is 0 Å². The van der Waals surface area contributed by atoms with Gasteiger partial charge in [-0.05, 0) is 37.1 Å². The van der Waals surface area contributed by atoms with Crippen LogP contribution in [0.3, 0.4) is 0 Å². The molecule has 7 nitrogen and oxygen atoms in total. The molecular weight excluding hydrogens is 398 g/mol. The first-order valence-corrected chi connectivity index (χ1v) is 12.3. The van der Waals surface area contributed by atoms with Gasteiger partial charge < -0.3 is 0 Å².